The Hall–Kier alpha value is -3.80. The van der Waals surface area contributed by atoms with Crippen LogP contribution in [0.2, 0.25) is 0 Å². The van der Waals surface area contributed by atoms with E-state index in [2.05, 4.69) is 20.3 Å². The van der Waals surface area contributed by atoms with E-state index in [1.165, 1.54) is 0 Å². The van der Waals surface area contributed by atoms with E-state index >= 15 is 0 Å². The van der Waals surface area contributed by atoms with Gasteiger partial charge in [-0.15, -0.1) is 0 Å². The van der Waals surface area contributed by atoms with Crippen molar-refractivity contribution in [2.45, 2.75) is 0 Å². The molecule has 0 fully saturated rings. The van der Waals surface area contributed by atoms with E-state index in [0.29, 0.717) is 11.6 Å². The Morgan fingerprint density at radius 1 is 0.741 bits per heavy atom. The lowest BCUT2D eigenvalue weighted by Crippen LogP contribution is -1.99. The highest BCUT2D eigenvalue weighted by molar-refractivity contribution is 5.69. The number of nitrogens with one attached hydrogen (secondary N) is 1. The molecule has 0 aliphatic heterocycles. The van der Waals surface area contributed by atoms with E-state index in [-0.39, 0.29) is 0 Å². The van der Waals surface area contributed by atoms with Gasteiger partial charge in [-0.3, -0.25) is 9.97 Å². The minimum absolute atomic E-state index is 0.628. The molecule has 0 aliphatic carbocycles. The van der Waals surface area contributed by atoms with Crippen molar-refractivity contribution in [1.82, 2.24) is 19.9 Å². The fourth-order valence-electron chi connectivity index (χ4n) is 2.63. The number of methoxy groups -OCH3 is 1. The average molecular weight is 355 g/mol. The standard InChI is InChI=1S/C21H17N5O/c1-27-18-4-2-17(3-5-18)24-20-14-19(15-6-10-22-11-7-15)25-21(26-20)16-8-12-23-13-9-16/h2-14H,1H3,(H,24,25,26). The summed E-state index contributed by atoms with van der Waals surface area (Å²) in [5.41, 5.74) is 3.60. The van der Waals surface area contributed by atoms with Gasteiger partial charge in [0.2, 0.25) is 0 Å². The molecule has 4 aromatic rings. The molecule has 3 heterocycles. The number of anilines is 2. The van der Waals surface area contributed by atoms with Crippen LogP contribution < -0.4 is 10.1 Å². The van der Waals surface area contributed by atoms with Crippen molar-refractivity contribution < 1.29 is 4.74 Å². The molecule has 6 heteroatoms. The smallest absolute Gasteiger partial charge is 0.162 e. The second-order valence-electron chi connectivity index (χ2n) is 5.79. The number of hydrogen-bond donors (Lipinski definition) is 1. The van der Waals surface area contributed by atoms with Gasteiger partial charge in [-0.1, -0.05) is 0 Å². The molecule has 4 rings (SSSR count). The minimum Gasteiger partial charge on any atom is -0.497 e. The van der Waals surface area contributed by atoms with Gasteiger partial charge in [-0.2, -0.15) is 0 Å². The van der Waals surface area contributed by atoms with Crippen molar-refractivity contribution in [2.75, 3.05) is 12.4 Å². The predicted molar refractivity (Wildman–Crippen MR) is 105 cm³/mol. The maximum atomic E-state index is 5.21. The van der Waals surface area contributed by atoms with Crippen LogP contribution in [-0.4, -0.2) is 27.0 Å². The van der Waals surface area contributed by atoms with E-state index in [1.54, 1.807) is 31.9 Å². The first-order valence-corrected chi connectivity index (χ1v) is 8.43. The monoisotopic (exact) mass is 355 g/mol. The summed E-state index contributed by atoms with van der Waals surface area (Å²) < 4.78 is 5.21. The first-order chi connectivity index (χ1) is 13.3. The number of benzene rings is 1. The Bertz CT molecular complexity index is 964. The summed E-state index contributed by atoms with van der Waals surface area (Å²) in [6.07, 6.45) is 6.96. The predicted octanol–water partition coefficient (Wildman–Crippen LogP) is 4.35. The quantitative estimate of drug-likeness (QED) is 0.574. The number of aromatic nitrogens is 4. The van der Waals surface area contributed by atoms with Crippen LogP contribution in [0.5, 0.6) is 5.75 Å². The number of hydrogen-bond acceptors (Lipinski definition) is 6. The lowest BCUT2D eigenvalue weighted by molar-refractivity contribution is 0.415. The summed E-state index contributed by atoms with van der Waals surface area (Å²) in [7, 11) is 1.65. The highest BCUT2D eigenvalue weighted by Crippen LogP contribution is 2.26. The molecule has 132 valence electrons. The highest BCUT2D eigenvalue weighted by Gasteiger charge is 2.09. The number of rotatable bonds is 5. The zero-order valence-electron chi connectivity index (χ0n) is 14.7. The molecule has 6 nitrogen and oxygen atoms in total. The summed E-state index contributed by atoms with van der Waals surface area (Å²) in [5, 5.41) is 3.34. The zero-order valence-corrected chi connectivity index (χ0v) is 14.7. The SMILES string of the molecule is COc1ccc(Nc2cc(-c3ccncc3)nc(-c3ccncc3)n2)cc1. The van der Waals surface area contributed by atoms with Crippen LogP contribution in [0.4, 0.5) is 11.5 Å². The van der Waals surface area contributed by atoms with E-state index in [1.807, 2.05) is 54.6 Å². The molecule has 0 bridgehead atoms. The summed E-state index contributed by atoms with van der Waals surface area (Å²) in [4.78, 5) is 17.5. The van der Waals surface area contributed by atoms with Gasteiger partial charge in [0.05, 0.1) is 12.8 Å². The van der Waals surface area contributed by atoms with E-state index < -0.39 is 0 Å². The molecular formula is C21H17N5O. The van der Waals surface area contributed by atoms with Gasteiger partial charge >= 0.3 is 0 Å². The fourth-order valence-corrected chi connectivity index (χ4v) is 2.63. The van der Waals surface area contributed by atoms with Crippen LogP contribution in [0.1, 0.15) is 0 Å². The second kappa shape index (κ2) is 7.61. The topological polar surface area (TPSA) is 72.8 Å². The van der Waals surface area contributed by atoms with Crippen LogP contribution >= 0.6 is 0 Å². The number of nitrogens with zero attached hydrogens (tertiary/aromatic N) is 4. The molecule has 1 aromatic carbocycles. The average Bonchev–Trinajstić information content (AvgIpc) is 2.75. The molecule has 3 aromatic heterocycles. The number of pyridine rings is 2. The molecule has 27 heavy (non-hydrogen) atoms. The van der Waals surface area contributed by atoms with Gasteiger partial charge in [0, 0.05) is 47.7 Å². The molecular weight excluding hydrogens is 338 g/mol. The molecule has 0 saturated carbocycles. The largest absolute Gasteiger partial charge is 0.497 e. The van der Waals surface area contributed by atoms with Crippen molar-refractivity contribution in [3.05, 3.63) is 79.4 Å². The third-order valence-corrected chi connectivity index (χ3v) is 4.00. The maximum Gasteiger partial charge on any atom is 0.162 e. The molecule has 0 aliphatic rings. The van der Waals surface area contributed by atoms with Crippen molar-refractivity contribution in [1.29, 1.82) is 0 Å². The Labute approximate surface area is 157 Å². The second-order valence-corrected chi connectivity index (χ2v) is 5.79. The molecule has 1 N–H and O–H groups in total. The highest BCUT2D eigenvalue weighted by atomic mass is 16.5. The summed E-state index contributed by atoms with van der Waals surface area (Å²) in [6, 6.07) is 17.2. The van der Waals surface area contributed by atoms with E-state index in [4.69, 9.17) is 9.72 Å². The Morgan fingerprint density at radius 3 is 2.00 bits per heavy atom. The van der Waals surface area contributed by atoms with Gasteiger partial charge in [0.25, 0.3) is 0 Å². The number of ether oxygens (including phenoxy) is 1. The van der Waals surface area contributed by atoms with Crippen molar-refractivity contribution in [3.63, 3.8) is 0 Å². The summed E-state index contributed by atoms with van der Waals surface area (Å²) in [5.74, 6) is 2.13. The van der Waals surface area contributed by atoms with Gasteiger partial charge in [0.15, 0.2) is 5.82 Å². The molecule has 0 atom stereocenters. The van der Waals surface area contributed by atoms with Gasteiger partial charge in [-0.05, 0) is 48.5 Å². The third kappa shape index (κ3) is 3.90. The van der Waals surface area contributed by atoms with Crippen LogP contribution in [0.15, 0.2) is 79.4 Å². The Balaban J connectivity index is 1.75. The molecule has 0 saturated heterocycles. The van der Waals surface area contributed by atoms with Gasteiger partial charge in [0.1, 0.15) is 11.6 Å². The van der Waals surface area contributed by atoms with E-state index in [0.717, 1.165) is 28.3 Å². The summed E-state index contributed by atoms with van der Waals surface area (Å²) >= 11 is 0. The van der Waals surface area contributed by atoms with Crippen molar-refractivity contribution >= 4 is 11.5 Å². The van der Waals surface area contributed by atoms with Gasteiger partial charge < -0.3 is 10.1 Å². The molecule has 0 amide bonds. The zero-order chi connectivity index (χ0) is 18.5. The van der Waals surface area contributed by atoms with Crippen molar-refractivity contribution in [2.24, 2.45) is 0 Å². The van der Waals surface area contributed by atoms with Crippen LogP contribution in [0, 0.1) is 0 Å². The minimum atomic E-state index is 0.628. The molecule has 0 radical (unpaired) electrons. The van der Waals surface area contributed by atoms with Gasteiger partial charge in [-0.25, -0.2) is 9.97 Å². The Morgan fingerprint density at radius 2 is 1.37 bits per heavy atom. The first kappa shape index (κ1) is 16.7. The fraction of sp³-hybridized carbons (Fsp3) is 0.0476. The van der Waals surface area contributed by atoms with Crippen LogP contribution in [-0.2, 0) is 0 Å². The molecule has 0 unspecified atom stereocenters. The first-order valence-electron chi connectivity index (χ1n) is 8.43. The Kier molecular flexibility index (Phi) is 4.70. The maximum absolute atomic E-state index is 5.21. The van der Waals surface area contributed by atoms with Crippen LogP contribution in [0.3, 0.4) is 0 Å². The van der Waals surface area contributed by atoms with Crippen molar-refractivity contribution in [3.8, 4) is 28.4 Å². The lowest BCUT2D eigenvalue weighted by atomic mass is 10.1. The van der Waals surface area contributed by atoms with E-state index in [9.17, 15) is 0 Å². The lowest BCUT2D eigenvalue weighted by Gasteiger charge is -2.11. The third-order valence-electron chi connectivity index (χ3n) is 4.00. The van der Waals surface area contributed by atoms with Crippen LogP contribution in [0.25, 0.3) is 22.6 Å². The normalized spacial score (nSPS) is 10.4. The summed E-state index contributed by atoms with van der Waals surface area (Å²) in [6.45, 7) is 0. The molecule has 0 spiro atoms.